The molecule has 0 radical (unpaired) electrons. The van der Waals surface area contributed by atoms with Gasteiger partial charge in [-0.15, -0.1) is 10.2 Å². The average Bonchev–Trinajstić information content (AvgIpc) is 3.03. The number of nitrogens with zero attached hydrogens (tertiary/aromatic N) is 3. The first-order valence-electron chi connectivity index (χ1n) is 7.03. The summed E-state index contributed by atoms with van der Waals surface area (Å²) in [4.78, 5) is 10.5. The highest BCUT2D eigenvalue weighted by Gasteiger charge is 2.16. The van der Waals surface area contributed by atoms with E-state index in [1.54, 1.807) is 12.1 Å². The molecule has 0 bridgehead atoms. The number of nitro benzene ring substituents is 1. The smallest absolute Gasteiger partial charge is 0.277 e. The lowest BCUT2D eigenvalue weighted by Gasteiger charge is -2.08. The molecule has 1 atom stereocenters. The first-order valence-corrected chi connectivity index (χ1v) is 8.70. The van der Waals surface area contributed by atoms with Gasteiger partial charge < -0.3 is 4.42 Å². The Labute approximate surface area is 150 Å². The first kappa shape index (κ1) is 16.7. The normalized spacial score (nSPS) is 12.1. The van der Waals surface area contributed by atoms with E-state index < -0.39 is 4.92 Å². The molecule has 0 aliphatic carbocycles. The van der Waals surface area contributed by atoms with Gasteiger partial charge in [0, 0.05) is 27.4 Å². The minimum atomic E-state index is -0.404. The molecule has 2 aromatic carbocycles. The van der Waals surface area contributed by atoms with Gasteiger partial charge in [0.15, 0.2) is 0 Å². The molecule has 3 rings (SSSR count). The summed E-state index contributed by atoms with van der Waals surface area (Å²) in [7, 11) is 0. The Kier molecular flexibility index (Phi) is 4.96. The molecular weight excluding hydrogens is 394 g/mol. The van der Waals surface area contributed by atoms with E-state index in [0.717, 1.165) is 15.6 Å². The van der Waals surface area contributed by atoms with Crippen molar-refractivity contribution >= 4 is 33.4 Å². The third-order valence-corrected chi connectivity index (χ3v) is 4.79. The highest BCUT2D eigenvalue weighted by Crippen LogP contribution is 2.36. The van der Waals surface area contributed by atoms with Crippen LogP contribution in [0.3, 0.4) is 0 Å². The van der Waals surface area contributed by atoms with Crippen molar-refractivity contribution in [3.8, 4) is 11.5 Å². The molecule has 1 heterocycles. The Balaban J connectivity index is 1.77. The maximum Gasteiger partial charge on any atom is 0.277 e. The average molecular weight is 406 g/mol. The van der Waals surface area contributed by atoms with Gasteiger partial charge in [-0.2, -0.15) is 0 Å². The number of thioether (sulfide) groups is 1. The molecule has 8 heteroatoms. The van der Waals surface area contributed by atoms with Crippen LogP contribution in [0.1, 0.15) is 17.7 Å². The number of rotatable bonds is 5. The third-order valence-electron chi connectivity index (χ3n) is 3.31. The van der Waals surface area contributed by atoms with Gasteiger partial charge in [-0.3, -0.25) is 10.1 Å². The zero-order valence-electron chi connectivity index (χ0n) is 12.5. The van der Waals surface area contributed by atoms with Crippen molar-refractivity contribution in [1.29, 1.82) is 0 Å². The van der Waals surface area contributed by atoms with Crippen molar-refractivity contribution in [2.24, 2.45) is 0 Å². The Bertz CT molecular complexity index is 884. The highest BCUT2D eigenvalue weighted by atomic mass is 79.9. The van der Waals surface area contributed by atoms with Crippen molar-refractivity contribution < 1.29 is 9.34 Å². The molecule has 0 aliphatic heterocycles. The lowest BCUT2D eigenvalue weighted by molar-refractivity contribution is -0.384. The molecule has 6 nitrogen and oxygen atoms in total. The second-order valence-electron chi connectivity index (χ2n) is 5.00. The molecule has 0 amide bonds. The maximum atomic E-state index is 10.9. The summed E-state index contributed by atoms with van der Waals surface area (Å²) in [5.74, 6) is 0.435. The van der Waals surface area contributed by atoms with E-state index in [0.29, 0.717) is 11.1 Å². The zero-order valence-corrected chi connectivity index (χ0v) is 15.0. The SMILES string of the molecule is C[C@H](Sc1nnc(-c2cccc(Br)c2)o1)c1cccc([N+](=O)[O-])c1. The molecule has 1 aromatic heterocycles. The Morgan fingerprint density at radius 2 is 2.00 bits per heavy atom. The topological polar surface area (TPSA) is 82.1 Å². The van der Waals surface area contributed by atoms with Gasteiger partial charge in [-0.25, -0.2) is 0 Å². The summed E-state index contributed by atoms with van der Waals surface area (Å²) >= 11 is 4.77. The monoisotopic (exact) mass is 405 g/mol. The second kappa shape index (κ2) is 7.14. The van der Waals surface area contributed by atoms with Crippen LogP contribution in [0.5, 0.6) is 0 Å². The van der Waals surface area contributed by atoms with Crippen LogP contribution in [-0.2, 0) is 0 Å². The fraction of sp³-hybridized carbons (Fsp3) is 0.125. The van der Waals surface area contributed by atoms with Gasteiger partial charge in [0.1, 0.15) is 0 Å². The highest BCUT2D eigenvalue weighted by molar-refractivity contribution is 9.10. The number of non-ortho nitro benzene ring substituents is 1. The molecule has 0 saturated carbocycles. The van der Waals surface area contributed by atoms with Crippen LogP contribution in [0, 0.1) is 10.1 Å². The zero-order chi connectivity index (χ0) is 17.1. The van der Waals surface area contributed by atoms with Crippen molar-refractivity contribution in [2.75, 3.05) is 0 Å². The predicted octanol–water partition coefficient (Wildman–Crippen LogP) is 5.26. The molecule has 0 unspecified atom stereocenters. The quantitative estimate of drug-likeness (QED) is 0.327. The van der Waals surface area contributed by atoms with Gasteiger partial charge in [0.2, 0.25) is 5.89 Å². The van der Waals surface area contributed by atoms with Crippen LogP contribution in [-0.4, -0.2) is 15.1 Å². The lowest BCUT2D eigenvalue weighted by Crippen LogP contribution is -1.92. The molecule has 122 valence electrons. The fourth-order valence-corrected chi connectivity index (χ4v) is 3.31. The van der Waals surface area contributed by atoms with E-state index in [2.05, 4.69) is 26.1 Å². The second-order valence-corrected chi connectivity index (χ2v) is 7.20. The van der Waals surface area contributed by atoms with Crippen LogP contribution in [0.2, 0.25) is 0 Å². The molecule has 0 saturated heterocycles. The Morgan fingerprint density at radius 1 is 1.21 bits per heavy atom. The Hall–Kier alpha value is -2.19. The molecular formula is C16H12BrN3O3S. The largest absolute Gasteiger partial charge is 0.411 e. The number of aromatic nitrogens is 2. The molecule has 0 aliphatic rings. The van der Waals surface area contributed by atoms with E-state index in [-0.39, 0.29) is 10.9 Å². The predicted molar refractivity (Wildman–Crippen MR) is 94.8 cm³/mol. The number of nitro groups is 1. The lowest BCUT2D eigenvalue weighted by atomic mass is 10.1. The summed E-state index contributed by atoms with van der Waals surface area (Å²) in [5.41, 5.74) is 1.73. The molecule has 0 fully saturated rings. The van der Waals surface area contributed by atoms with Crippen LogP contribution < -0.4 is 0 Å². The molecule has 0 N–H and O–H groups in total. The number of hydrogen-bond acceptors (Lipinski definition) is 6. The van der Waals surface area contributed by atoms with E-state index in [1.165, 1.54) is 17.8 Å². The van der Waals surface area contributed by atoms with Crippen molar-refractivity contribution in [3.05, 3.63) is 68.7 Å². The van der Waals surface area contributed by atoms with Gasteiger partial charge in [0.05, 0.1) is 4.92 Å². The van der Waals surface area contributed by atoms with Crippen molar-refractivity contribution in [2.45, 2.75) is 17.4 Å². The molecule has 3 aromatic rings. The standard InChI is InChI=1S/C16H12BrN3O3S/c1-10(11-4-3-7-14(9-11)20(21)22)24-16-19-18-15(23-16)12-5-2-6-13(17)8-12/h2-10H,1H3/t10-/m0/s1. The first-order chi connectivity index (χ1) is 11.5. The van der Waals surface area contributed by atoms with Crippen LogP contribution in [0.15, 0.2) is 62.6 Å². The van der Waals surface area contributed by atoms with Crippen molar-refractivity contribution in [1.82, 2.24) is 10.2 Å². The fourth-order valence-electron chi connectivity index (χ4n) is 2.11. The van der Waals surface area contributed by atoms with Crippen LogP contribution >= 0.6 is 27.7 Å². The van der Waals surface area contributed by atoms with Crippen LogP contribution in [0.4, 0.5) is 5.69 Å². The Morgan fingerprint density at radius 3 is 2.75 bits per heavy atom. The summed E-state index contributed by atoms with van der Waals surface area (Å²) in [6.45, 7) is 1.94. The van der Waals surface area contributed by atoms with Crippen LogP contribution in [0.25, 0.3) is 11.5 Å². The third kappa shape index (κ3) is 3.82. The van der Waals surface area contributed by atoms with Gasteiger partial charge in [-0.1, -0.05) is 45.9 Å². The van der Waals surface area contributed by atoms with Crippen molar-refractivity contribution in [3.63, 3.8) is 0 Å². The maximum absolute atomic E-state index is 10.9. The number of benzene rings is 2. The van der Waals surface area contributed by atoms with Gasteiger partial charge >= 0.3 is 0 Å². The summed E-state index contributed by atoms with van der Waals surface area (Å²) in [5, 5.41) is 19.3. The van der Waals surface area contributed by atoms with E-state index in [1.807, 2.05) is 37.3 Å². The summed E-state index contributed by atoms with van der Waals surface area (Å²) in [6.07, 6.45) is 0. The van der Waals surface area contributed by atoms with E-state index in [9.17, 15) is 10.1 Å². The van der Waals surface area contributed by atoms with E-state index >= 15 is 0 Å². The van der Waals surface area contributed by atoms with Gasteiger partial charge in [-0.05, 0) is 30.7 Å². The minimum absolute atomic E-state index is 0.0549. The van der Waals surface area contributed by atoms with Gasteiger partial charge in [0.25, 0.3) is 10.9 Å². The summed E-state index contributed by atoms with van der Waals surface area (Å²) in [6, 6.07) is 14.1. The molecule has 24 heavy (non-hydrogen) atoms. The van der Waals surface area contributed by atoms with E-state index in [4.69, 9.17) is 4.42 Å². The number of halogens is 1. The summed E-state index contributed by atoms with van der Waals surface area (Å²) < 4.78 is 6.61. The minimum Gasteiger partial charge on any atom is -0.411 e. The molecule has 0 spiro atoms. The number of hydrogen-bond donors (Lipinski definition) is 0.